The maximum Gasteiger partial charge on any atom is 0.185 e. The number of hydrogen-bond donors (Lipinski definition) is 1. The van der Waals surface area contributed by atoms with Crippen LogP contribution in [-0.2, 0) is 11.3 Å². The van der Waals surface area contributed by atoms with Crippen LogP contribution in [0.3, 0.4) is 0 Å². The van der Waals surface area contributed by atoms with Crippen molar-refractivity contribution in [1.82, 2.24) is 10.3 Å². The van der Waals surface area contributed by atoms with Crippen molar-refractivity contribution in [2.75, 3.05) is 31.6 Å². The average molecular weight is 269 g/mol. The van der Waals surface area contributed by atoms with Crippen LogP contribution in [0, 0.1) is 5.92 Å². The quantitative estimate of drug-likeness (QED) is 0.858. The van der Waals surface area contributed by atoms with Gasteiger partial charge in [-0.15, -0.1) is 11.3 Å². The predicted octanol–water partition coefficient (Wildman–Crippen LogP) is 2.11. The molecule has 102 valence electrons. The maximum atomic E-state index is 5.38. The molecule has 0 bridgehead atoms. The molecule has 5 heteroatoms. The molecule has 0 spiro atoms. The Balaban J connectivity index is 1.83. The molecule has 0 saturated carbocycles. The van der Waals surface area contributed by atoms with Gasteiger partial charge in [-0.3, -0.25) is 0 Å². The van der Waals surface area contributed by atoms with Crippen molar-refractivity contribution in [1.29, 1.82) is 0 Å². The van der Waals surface area contributed by atoms with Crippen LogP contribution in [0.2, 0.25) is 0 Å². The molecule has 1 fully saturated rings. The van der Waals surface area contributed by atoms with Gasteiger partial charge in [0.25, 0.3) is 0 Å². The average Bonchev–Trinajstić information content (AvgIpc) is 2.95. The minimum absolute atomic E-state index is 0.372. The SMILES string of the molecule is COC1CCN(c2nc(CNCC(C)C)cs2)C1. The number of rotatable bonds is 6. The van der Waals surface area contributed by atoms with Crippen molar-refractivity contribution in [3.8, 4) is 0 Å². The van der Waals surface area contributed by atoms with Crippen molar-refractivity contribution in [2.45, 2.75) is 32.9 Å². The van der Waals surface area contributed by atoms with Crippen molar-refractivity contribution in [2.24, 2.45) is 5.92 Å². The number of methoxy groups -OCH3 is 1. The van der Waals surface area contributed by atoms with Gasteiger partial charge in [0, 0.05) is 32.1 Å². The molecule has 1 aromatic rings. The summed E-state index contributed by atoms with van der Waals surface area (Å²) >= 11 is 1.74. The molecular weight excluding hydrogens is 246 g/mol. The van der Waals surface area contributed by atoms with E-state index in [4.69, 9.17) is 4.74 Å². The summed E-state index contributed by atoms with van der Waals surface area (Å²) in [6.45, 7) is 8.38. The molecular formula is C13H23N3OS. The Bertz CT molecular complexity index is 367. The first-order valence-corrected chi connectivity index (χ1v) is 7.50. The van der Waals surface area contributed by atoms with E-state index < -0.39 is 0 Å². The van der Waals surface area contributed by atoms with Gasteiger partial charge in [-0.25, -0.2) is 4.98 Å². The zero-order valence-corrected chi connectivity index (χ0v) is 12.3. The highest BCUT2D eigenvalue weighted by Gasteiger charge is 2.24. The Morgan fingerprint density at radius 3 is 3.11 bits per heavy atom. The van der Waals surface area contributed by atoms with Crippen LogP contribution in [0.15, 0.2) is 5.38 Å². The standard InChI is InChI=1S/C13H23N3OS/c1-10(2)6-14-7-11-9-18-13(15-11)16-5-4-12(8-16)17-3/h9-10,12,14H,4-8H2,1-3H3. The van der Waals surface area contributed by atoms with Crippen LogP contribution in [0.1, 0.15) is 26.0 Å². The second-order valence-corrected chi connectivity index (χ2v) is 6.08. The van der Waals surface area contributed by atoms with E-state index in [0.717, 1.165) is 43.4 Å². The maximum absolute atomic E-state index is 5.38. The lowest BCUT2D eigenvalue weighted by molar-refractivity contribution is 0.121. The lowest BCUT2D eigenvalue weighted by Gasteiger charge is -2.14. The summed E-state index contributed by atoms with van der Waals surface area (Å²) in [5, 5.41) is 6.72. The zero-order valence-electron chi connectivity index (χ0n) is 11.5. The third kappa shape index (κ3) is 3.67. The van der Waals surface area contributed by atoms with E-state index in [2.05, 4.69) is 34.4 Å². The molecule has 0 aromatic carbocycles. The third-order valence-electron chi connectivity index (χ3n) is 3.15. The van der Waals surface area contributed by atoms with Crippen LogP contribution in [0.25, 0.3) is 0 Å². The molecule has 2 rings (SSSR count). The van der Waals surface area contributed by atoms with Gasteiger partial charge in [0.15, 0.2) is 5.13 Å². The van der Waals surface area contributed by atoms with Gasteiger partial charge >= 0.3 is 0 Å². The van der Waals surface area contributed by atoms with Crippen molar-refractivity contribution in [3.63, 3.8) is 0 Å². The largest absolute Gasteiger partial charge is 0.380 e. The van der Waals surface area contributed by atoms with E-state index in [-0.39, 0.29) is 0 Å². The first-order chi connectivity index (χ1) is 8.69. The van der Waals surface area contributed by atoms with E-state index in [1.807, 2.05) is 0 Å². The fourth-order valence-corrected chi connectivity index (χ4v) is 2.97. The lowest BCUT2D eigenvalue weighted by atomic mass is 10.2. The minimum Gasteiger partial charge on any atom is -0.380 e. The van der Waals surface area contributed by atoms with E-state index in [9.17, 15) is 0 Å². The molecule has 0 aliphatic carbocycles. The number of thiazole rings is 1. The van der Waals surface area contributed by atoms with Crippen molar-refractivity contribution >= 4 is 16.5 Å². The number of aromatic nitrogens is 1. The number of hydrogen-bond acceptors (Lipinski definition) is 5. The highest BCUT2D eigenvalue weighted by atomic mass is 32.1. The van der Waals surface area contributed by atoms with Gasteiger partial charge in [-0.1, -0.05) is 13.8 Å². The third-order valence-corrected chi connectivity index (χ3v) is 4.10. The summed E-state index contributed by atoms with van der Waals surface area (Å²) in [6, 6.07) is 0. The summed E-state index contributed by atoms with van der Waals surface area (Å²) < 4.78 is 5.38. The van der Waals surface area contributed by atoms with Gasteiger partial charge in [0.05, 0.1) is 11.8 Å². The van der Waals surface area contributed by atoms with E-state index in [1.165, 1.54) is 0 Å². The molecule has 0 amide bonds. The molecule has 1 atom stereocenters. The molecule has 1 aromatic heterocycles. The molecule has 1 aliphatic heterocycles. The summed E-state index contributed by atoms with van der Waals surface area (Å²) in [5.41, 5.74) is 1.15. The predicted molar refractivity (Wildman–Crippen MR) is 76.3 cm³/mol. The topological polar surface area (TPSA) is 37.4 Å². The Kier molecular flexibility index (Phi) is 4.97. The van der Waals surface area contributed by atoms with E-state index in [0.29, 0.717) is 12.0 Å². The Morgan fingerprint density at radius 1 is 1.61 bits per heavy atom. The summed E-state index contributed by atoms with van der Waals surface area (Å²) in [6.07, 6.45) is 1.48. The number of anilines is 1. The molecule has 1 N–H and O–H groups in total. The molecule has 1 unspecified atom stereocenters. The molecule has 0 radical (unpaired) electrons. The van der Waals surface area contributed by atoms with Crippen LogP contribution < -0.4 is 10.2 Å². The number of nitrogens with zero attached hydrogens (tertiary/aromatic N) is 2. The molecule has 2 heterocycles. The second-order valence-electron chi connectivity index (χ2n) is 5.24. The van der Waals surface area contributed by atoms with E-state index >= 15 is 0 Å². The Labute approximate surface area is 113 Å². The Morgan fingerprint density at radius 2 is 2.44 bits per heavy atom. The first kappa shape index (κ1) is 13.8. The zero-order chi connectivity index (χ0) is 13.0. The fourth-order valence-electron chi connectivity index (χ4n) is 2.11. The van der Waals surface area contributed by atoms with Crippen LogP contribution in [-0.4, -0.2) is 37.8 Å². The number of nitrogens with one attached hydrogen (secondary N) is 1. The monoisotopic (exact) mass is 269 g/mol. The van der Waals surface area contributed by atoms with Gasteiger partial charge in [0.2, 0.25) is 0 Å². The van der Waals surface area contributed by atoms with E-state index in [1.54, 1.807) is 18.4 Å². The minimum atomic E-state index is 0.372. The highest BCUT2D eigenvalue weighted by molar-refractivity contribution is 7.13. The first-order valence-electron chi connectivity index (χ1n) is 6.62. The molecule has 1 saturated heterocycles. The van der Waals surface area contributed by atoms with Gasteiger partial charge in [-0.2, -0.15) is 0 Å². The van der Waals surface area contributed by atoms with Crippen molar-refractivity contribution in [3.05, 3.63) is 11.1 Å². The summed E-state index contributed by atoms with van der Waals surface area (Å²) in [4.78, 5) is 7.01. The van der Waals surface area contributed by atoms with Gasteiger partial charge in [-0.05, 0) is 18.9 Å². The molecule has 18 heavy (non-hydrogen) atoms. The molecule has 1 aliphatic rings. The highest BCUT2D eigenvalue weighted by Crippen LogP contribution is 2.25. The fraction of sp³-hybridized carbons (Fsp3) is 0.769. The summed E-state index contributed by atoms with van der Waals surface area (Å²) in [5.74, 6) is 0.684. The van der Waals surface area contributed by atoms with Crippen LogP contribution >= 0.6 is 11.3 Å². The normalized spacial score (nSPS) is 20.0. The Hall–Kier alpha value is -0.650. The van der Waals surface area contributed by atoms with Gasteiger partial charge < -0.3 is 15.0 Å². The number of ether oxygens (including phenoxy) is 1. The smallest absolute Gasteiger partial charge is 0.185 e. The van der Waals surface area contributed by atoms with Crippen molar-refractivity contribution < 1.29 is 4.74 Å². The summed E-state index contributed by atoms with van der Waals surface area (Å²) in [7, 11) is 1.79. The van der Waals surface area contributed by atoms with Crippen LogP contribution in [0.5, 0.6) is 0 Å². The second kappa shape index (κ2) is 6.50. The molecule has 4 nitrogen and oxygen atoms in total. The van der Waals surface area contributed by atoms with Gasteiger partial charge in [0.1, 0.15) is 0 Å². The lowest BCUT2D eigenvalue weighted by Crippen LogP contribution is -2.22. The van der Waals surface area contributed by atoms with Crippen LogP contribution in [0.4, 0.5) is 5.13 Å².